The topological polar surface area (TPSA) is 58.6 Å². The predicted molar refractivity (Wildman–Crippen MR) is 117 cm³/mol. The number of likely N-dealkylation sites (tertiary alicyclic amines) is 1. The average molecular weight is 403 g/mol. The van der Waals surface area contributed by atoms with E-state index in [1.807, 2.05) is 17.0 Å². The maximum atomic E-state index is 12.2. The highest BCUT2D eigenvalue weighted by Gasteiger charge is 2.24. The summed E-state index contributed by atoms with van der Waals surface area (Å²) in [7, 11) is 0. The van der Waals surface area contributed by atoms with E-state index in [-0.39, 0.29) is 23.3 Å². The van der Waals surface area contributed by atoms with Gasteiger partial charge in [-0.15, -0.1) is 0 Å². The molecule has 0 aliphatic carbocycles. The van der Waals surface area contributed by atoms with Gasteiger partial charge in [0.25, 0.3) is 0 Å². The molecule has 29 heavy (non-hydrogen) atoms. The second kappa shape index (κ2) is 10.7. The first-order valence-electron chi connectivity index (χ1n) is 11.0. The highest BCUT2D eigenvalue weighted by atomic mass is 16.5. The van der Waals surface area contributed by atoms with Gasteiger partial charge in [-0.25, -0.2) is 0 Å². The molecule has 0 radical (unpaired) electrons. The third-order valence-corrected chi connectivity index (χ3v) is 5.33. The smallest absolute Gasteiger partial charge is 0.222 e. The molecular formula is C24H38N2O3. The number of nitrogens with zero attached hydrogens (tertiary/aromatic N) is 1. The van der Waals surface area contributed by atoms with Gasteiger partial charge in [-0.1, -0.05) is 46.8 Å². The van der Waals surface area contributed by atoms with E-state index in [0.29, 0.717) is 31.8 Å². The van der Waals surface area contributed by atoms with E-state index in [9.17, 15) is 9.59 Å². The number of rotatable bonds is 8. The Hall–Kier alpha value is -2.04. The molecule has 2 amide bonds. The Morgan fingerprint density at radius 1 is 1.14 bits per heavy atom. The second-order valence-corrected chi connectivity index (χ2v) is 9.55. The summed E-state index contributed by atoms with van der Waals surface area (Å²) in [6.07, 6.45) is 3.44. The zero-order chi connectivity index (χ0) is 21.4. The molecule has 0 saturated carbocycles. The van der Waals surface area contributed by atoms with E-state index in [2.05, 4.69) is 52.1 Å². The summed E-state index contributed by atoms with van der Waals surface area (Å²) in [5, 5.41) is 3.11. The van der Waals surface area contributed by atoms with Gasteiger partial charge in [0.05, 0.1) is 6.61 Å². The Bertz CT molecular complexity index is 654. The molecule has 5 heteroatoms. The maximum absolute atomic E-state index is 12.2. The molecule has 2 rings (SSSR count). The molecule has 1 heterocycles. The van der Waals surface area contributed by atoms with Crippen molar-refractivity contribution in [3.8, 4) is 5.75 Å². The number of piperidine rings is 1. The van der Waals surface area contributed by atoms with Gasteiger partial charge in [0.1, 0.15) is 5.75 Å². The molecule has 0 atom stereocenters. The van der Waals surface area contributed by atoms with Gasteiger partial charge in [0.2, 0.25) is 11.8 Å². The van der Waals surface area contributed by atoms with Gasteiger partial charge < -0.3 is 15.0 Å². The van der Waals surface area contributed by atoms with Crippen LogP contribution in [0.25, 0.3) is 0 Å². The monoisotopic (exact) mass is 402 g/mol. The minimum absolute atomic E-state index is 0.0728. The molecule has 1 aromatic rings. The van der Waals surface area contributed by atoms with Gasteiger partial charge in [-0.3, -0.25) is 9.59 Å². The molecule has 1 aromatic carbocycles. The Morgan fingerprint density at radius 3 is 2.31 bits per heavy atom. The highest BCUT2D eigenvalue weighted by Crippen LogP contribution is 2.24. The highest BCUT2D eigenvalue weighted by molar-refractivity contribution is 5.77. The molecule has 162 valence electrons. The van der Waals surface area contributed by atoms with E-state index in [4.69, 9.17) is 4.74 Å². The lowest BCUT2D eigenvalue weighted by atomic mass is 9.87. The van der Waals surface area contributed by atoms with E-state index < -0.39 is 0 Å². The number of carbonyl (C=O) groups excluding carboxylic acids is 2. The lowest BCUT2D eigenvalue weighted by Crippen LogP contribution is -2.46. The summed E-state index contributed by atoms with van der Waals surface area (Å²) < 4.78 is 5.76. The van der Waals surface area contributed by atoms with Crippen molar-refractivity contribution in [3.63, 3.8) is 0 Å². The fourth-order valence-electron chi connectivity index (χ4n) is 3.53. The number of carbonyl (C=O) groups is 2. The van der Waals surface area contributed by atoms with Crippen LogP contribution in [-0.2, 0) is 15.0 Å². The zero-order valence-electron chi connectivity index (χ0n) is 18.8. The van der Waals surface area contributed by atoms with Crippen LogP contribution in [0, 0.1) is 5.92 Å². The Labute approximate surface area is 176 Å². The lowest BCUT2D eigenvalue weighted by Gasteiger charge is -2.32. The molecule has 0 aromatic heterocycles. The largest absolute Gasteiger partial charge is 0.494 e. The van der Waals surface area contributed by atoms with Crippen LogP contribution >= 0.6 is 0 Å². The second-order valence-electron chi connectivity index (χ2n) is 9.55. The van der Waals surface area contributed by atoms with Crippen LogP contribution in [0.4, 0.5) is 0 Å². The van der Waals surface area contributed by atoms with Crippen molar-refractivity contribution in [2.24, 2.45) is 5.92 Å². The summed E-state index contributed by atoms with van der Waals surface area (Å²) in [4.78, 5) is 26.2. The first-order valence-corrected chi connectivity index (χ1v) is 11.0. The van der Waals surface area contributed by atoms with Gasteiger partial charge in [-0.05, 0) is 48.3 Å². The summed E-state index contributed by atoms with van der Waals surface area (Å²) in [6.45, 7) is 12.7. The van der Waals surface area contributed by atoms with Gasteiger partial charge >= 0.3 is 0 Å². The summed E-state index contributed by atoms with van der Waals surface area (Å²) in [5.74, 6) is 1.54. The molecule has 1 fully saturated rings. The van der Waals surface area contributed by atoms with E-state index in [0.717, 1.165) is 31.7 Å². The quantitative estimate of drug-likeness (QED) is 0.660. The predicted octanol–water partition coefficient (Wildman–Crippen LogP) is 4.30. The van der Waals surface area contributed by atoms with Crippen molar-refractivity contribution in [1.29, 1.82) is 0 Å². The van der Waals surface area contributed by atoms with E-state index in [1.54, 1.807) is 0 Å². The normalized spacial score (nSPS) is 15.4. The number of nitrogens with one attached hydrogen (secondary N) is 1. The fourth-order valence-corrected chi connectivity index (χ4v) is 3.53. The molecule has 0 bridgehead atoms. The van der Waals surface area contributed by atoms with Crippen molar-refractivity contribution >= 4 is 11.8 Å². The van der Waals surface area contributed by atoms with Crippen molar-refractivity contribution in [1.82, 2.24) is 10.2 Å². The van der Waals surface area contributed by atoms with Crippen molar-refractivity contribution in [2.45, 2.75) is 78.2 Å². The van der Waals surface area contributed by atoms with Crippen molar-refractivity contribution in [2.75, 3.05) is 19.7 Å². The van der Waals surface area contributed by atoms with Crippen LogP contribution in [0.2, 0.25) is 0 Å². The first-order chi connectivity index (χ1) is 13.6. The lowest BCUT2D eigenvalue weighted by molar-refractivity contribution is -0.133. The number of ether oxygens (including phenoxy) is 1. The van der Waals surface area contributed by atoms with Crippen LogP contribution < -0.4 is 10.1 Å². The zero-order valence-corrected chi connectivity index (χ0v) is 18.8. The van der Waals surface area contributed by atoms with Crippen LogP contribution in [0.5, 0.6) is 5.75 Å². The van der Waals surface area contributed by atoms with Gasteiger partial charge in [0.15, 0.2) is 0 Å². The van der Waals surface area contributed by atoms with Crippen LogP contribution in [-0.4, -0.2) is 42.5 Å². The maximum Gasteiger partial charge on any atom is 0.222 e. The average Bonchev–Trinajstić information content (AvgIpc) is 2.65. The van der Waals surface area contributed by atoms with Crippen LogP contribution in [0.15, 0.2) is 24.3 Å². The number of hydrogen-bond acceptors (Lipinski definition) is 3. The minimum atomic E-state index is 0.0728. The Balaban J connectivity index is 1.61. The van der Waals surface area contributed by atoms with Crippen molar-refractivity contribution in [3.05, 3.63) is 29.8 Å². The van der Waals surface area contributed by atoms with E-state index in [1.165, 1.54) is 5.56 Å². The Morgan fingerprint density at radius 2 is 1.76 bits per heavy atom. The molecule has 1 aliphatic heterocycles. The summed E-state index contributed by atoms with van der Waals surface area (Å²) >= 11 is 0. The Kier molecular flexibility index (Phi) is 8.54. The van der Waals surface area contributed by atoms with Crippen LogP contribution in [0.1, 0.15) is 72.3 Å². The molecule has 1 N–H and O–H groups in total. The van der Waals surface area contributed by atoms with Gasteiger partial charge in [0, 0.05) is 32.0 Å². The third-order valence-electron chi connectivity index (χ3n) is 5.33. The number of hydrogen-bond donors (Lipinski definition) is 1. The van der Waals surface area contributed by atoms with Gasteiger partial charge in [-0.2, -0.15) is 0 Å². The molecule has 5 nitrogen and oxygen atoms in total. The summed E-state index contributed by atoms with van der Waals surface area (Å²) in [6, 6.07) is 8.36. The fraction of sp³-hybridized carbons (Fsp3) is 0.667. The first kappa shape index (κ1) is 23.2. The molecule has 0 spiro atoms. The number of amides is 2. The standard InChI is InChI=1S/C24H38N2O3/c1-18(2)17-23(28)26-14-12-20(13-15-26)25-22(27)7-6-16-29-21-10-8-19(9-11-21)24(3,4)5/h8-11,18,20H,6-7,12-17H2,1-5H3,(H,25,27). The third kappa shape index (κ3) is 8.08. The summed E-state index contributed by atoms with van der Waals surface area (Å²) in [5.41, 5.74) is 1.41. The van der Waals surface area contributed by atoms with Crippen molar-refractivity contribution < 1.29 is 14.3 Å². The SMILES string of the molecule is CC(C)CC(=O)N1CCC(NC(=O)CCCOc2ccc(C(C)(C)C)cc2)CC1. The molecule has 1 saturated heterocycles. The molecule has 0 unspecified atom stereocenters. The minimum Gasteiger partial charge on any atom is -0.494 e. The number of benzene rings is 1. The van der Waals surface area contributed by atoms with Crippen LogP contribution in [0.3, 0.4) is 0 Å². The molecular weight excluding hydrogens is 364 g/mol. The molecule has 1 aliphatic rings. The van der Waals surface area contributed by atoms with E-state index >= 15 is 0 Å².